The Hall–Kier alpha value is -3.26. The SMILES string of the molecule is COCc1ccc(C(=O)N2Cc3c(-c4ccncc4)nc(N)nc3[C@H]2C)o1. The number of carbonyl (C=O) groups is 1. The van der Waals surface area contributed by atoms with Gasteiger partial charge in [-0.15, -0.1) is 0 Å². The number of nitrogen functional groups attached to an aromatic ring is 1. The number of amides is 1. The van der Waals surface area contributed by atoms with E-state index in [4.69, 9.17) is 14.9 Å². The molecule has 1 amide bonds. The maximum Gasteiger partial charge on any atom is 0.290 e. The molecule has 138 valence electrons. The van der Waals surface area contributed by atoms with Gasteiger partial charge in [-0.2, -0.15) is 0 Å². The Morgan fingerprint density at radius 1 is 1.30 bits per heavy atom. The molecule has 0 spiro atoms. The van der Waals surface area contributed by atoms with Gasteiger partial charge in [-0.1, -0.05) is 0 Å². The quantitative estimate of drug-likeness (QED) is 0.757. The molecule has 0 saturated carbocycles. The zero-order valence-electron chi connectivity index (χ0n) is 15.0. The zero-order valence-corrected chi connectivity index (χ0v) is 15.0. The van der Waals surface area contributed by atoms with Crippen LogP contribution in [0.15, 0.2) is 41.1 Å². The molecule has 0 bridgehead atoms. The van der Waals surface area contributed by atoms with Gasteiger partial charge in [0.1, 0.15) is 12.4 Å². The molecule has 1 aliphatic rings. The Kier molecular flexibility index (Phi) is 4.33. The monoisotopic (exact) mass is 365 g/mol. The number of ether oxygens (including phenoxy) is 1. The van der Waals surface area contributed by atoms with Crippen molar-refractivity contribution in [1.82, 2.24) is 19.9 Å². The number of hydrogen-bond acceptors (Lipinski definition) is 7. The first-order valence-corrected chi connectivity index (χ1v) is 8.53. The normalized spacial score (nSPS) is 15.8. The number of rotatable bonds is 4. The van der Waals surface area contributed by atoms with Gasteiger partial charge in [0.15, 0.2) is 5.76 Å². The van der Waals surface area contributed by atoms with Gasteiger partial charge in [-0.3, -0.25) is 9.78 Å². The Morgan fingerprint density at radius 2 is 2.07 bits per heavy atom. The lowest BCUT2D eigenvalue weighted by Crippen LogP contribution is -2.28. The van der Waals surface area contributed by atoms with Crippen LogP contribution in [-0.2, 0) is 17.9 Å². The minimum absolute atomic E-state index is 0.182. The molecule has 2 N–H and O–H groups in total. The molecular weight excluding hydrogens is 346 g/mol. The van der Waals surface area contributed by atoms with E-state index >= 15 is 0 Å². The van der Waals surface area contributed by atoms with Crippen LogP contribution in [0.3, 0.4) is 0 Å². The minimum Gasteiger partial charge on any atom is -0.453 e. The summed E-state index contributed by atoms with van der Waals surface area (Å²) in [5, 5.41) is 0. The predicted molar refractivity (Wildman–Crippen MR) is 97.4 cm³/mol. The van der Waals surface area contributed by atoms with Gasteiger partial charge in [0.05, 0.1) is 24.0 Å². The lowest BCUT2D eigenvalue weighted by atomic mass is 10.1. The van der Waals surface area contributed by atoms with Crippen LogP contribution in [0.25, 0.3) is 11.3 Å². The second-order valence-electron chi connectivity index (χ2n) is 6.34. The Labute approximate surface area is 156 Å². The molecule has 0 fully saturated rings. The third-order valence-corrected chi connectivity index (χ3v) is 4.62. The molecule has 0 saturated heterocycles. The summed E-state index contributed by atoms with van der Waals surface area (Å²) >= 11 is 0. The lowest BCUT2D eigenvalue weighted by molar-refractivity contribution is 0.0663. The standard InChI is InChI=1S/C19H19N5O3/c1-11-16-14(17(23-19(20)22-16)12-5-7-21-8-6-12)9-24(11)18(25)15-4-3-13(27-15)10-26-2/h3-8,11H,9-10H2,1-2H3,(H2,20,22,23)/t11-/m1/s1. The minimum atomic E-state index is -0.241. The summed E-state index contributed by atoms with van der Waals surface area (Å²) in [4.78, 5) is 27.5. The van der Waals surface area contributed by atoms with Gasteiger partial charge in [-0.05, 0) is 31.2 Å². The number of pyridine rings is 1. The van der Waals surface area contributed by atoms with Crippen molar-refractivity contribution in [3.05, 3.63) is 59.4 Å². The van der Waals surface area contributed by atoms with E-state index in [0.29, 0.717) is 18.9 Å². The Morgan fingerprint density at radius 3 is 2.81 bits per heavy atom. The predicted octanol–water partition coefficient (Wildman–Crippen LogP) is 2.58. The highest BCUT2D eigenvalue weighted by Gasteiger charge is 2.36. The molecular formula is C19H19N5O3. The number of furan rings is 1. The van der Waals surface area contributed by atoms with E-state index < -0.39 is 0 Å². The molecule has 8 nitrogen and oxygen atoms in total. The van der Waals surface area contributed by atoms with E-state index in [1.807, 2.05) is 19.1 Å². The van der Waals surface area contributed by atoms with Crippen LogP contribution < -0.4 is 5.73 Å². The van der Waals surface area contributed by atoms with Crippen LogP contribution in [0.4, 0.5) is 5.95 Å². The number of nitrogens with two attached hydrogens (primary N) is 1. The number of methoxy groups -OCH3 is 1. The topological polar surface area (TPSA) is 107 Å². The van der Waals surface area contributed by atoms with Gasteiger partial charge < -0.3 is 19.8 Å². The number of fused-ring (bicyclic) bond motifs is 1. The van der Waals surface area contributed by atoms with Crippen LogP contribution in [-0.4, -0.2) is 32.9 Å². The fraction of sp³-hybridized carbons (Fsp3) is 0.263. The fourth-order valence-electron chi connectivity index (χ4n) is 3.33. The molecule has 0 aliphatic carbocycles. The lowest BCUT2D eigenvalue weighted by Gasteiger charge is -2.19. The fourth-order valence-corrected chi connectivity index (χ4v) is 3.33. The van der Waals surface area contributed by atoms with Gasteiger partial charge in [0.2, 0.25) is 5.95 Å². The van der Waals surface area contributed by atoms with Crippen LogP contribution in [0.5, 0.6) is 0 Å². The maximum atomic E-state index is 13.0. The Bertz CT molecular complexity index is 986. The van der Waals surface area contributed by atoms with Gasteiger partial charge in [0.25, 0.3) is 5.91 Å². The molecule has 0 radical (unpaired) electrons. The maximum absolute atomic E-state index is 13.0. The first kappa shape index (κ1) is 17.2. The molecule has 3 aromatic rings. The van der Waals surface area contributed by atoms with Crippen LogP contribution in [0, 0.1) is 0 Å². The van der Waals surface area contributed by atoms with E-state index in [1.165, 1.54) is 0 Å². The van der Waals surface area contributed by atoms with E-state index in [-0.39, 0.29) is 23.7 Å². The van der Waals surface area contributed by atoms with Crippen molar-refractivity contribution in [2.24, 2.45) is 0 Å². The second kappa shape index (κ2) is 6.81. The van der Waals surface area contributed by atoms with Crippen molar-refractivity contribution in [3.8, 4) is 11.3 Å². The summed E-state index contributed by atoms with van der Waals surface area (Å²) in [7, 11) is 1.58. The highest BCUT2D eigenvalue weighted by molar-refractivity contribution is 5.92. The molecule has 1 aliphatic heterocycles. The zero-order chi connectivity index (χ0) is 19.0. The largest absolute Gasteiger partial charge is 0.453 e. The van der Waals surface area contributed by atoms with E-state index in [1.54, 1.807) is 36.5 Å². The van der Waals surface area contributed by atoms with Crippen molar-refractivity contribution in [3.63, 3.8) is 0 Å². The van der Waals surface area contributed by atoms with Crippen molar-refractivity contribution in [2.75, 3.05) is 12.8 Å². The summed E-state index contributed by atoms with van der Waals surface area (Å²) in [6, 6.07) is 6.89. The molecule has 0 aromatic carbocycles. The summed E-state index contributed by atoms with van der Waals surface area (Å²) in [5.74, 6) is 0.851. The number of hydrogen-bond donors (Lipinski definition) is 1. The highest BCUT2D eigenvalue weighted by Crippen LogP contribution is 2.38. The molecule has 0 unspecified atom stereocenters. The van der Waals surface area contributed by atoms with E-state index in [2.05, 4.69) is 15.0 Å². The van der Waals surface area contributed by atoms with Gasteiger partial charge >= 0.3 is 0 Å². The summed E-state index contributed by atoms with van der Waals surface area (Å²) < 4.78 is 10.6. The van der Waals surface area contributed by atoms with Crippen LogP contribution in [0.1, 0.15) is 40.5 Å². The Balaban J connectivity index is 1.69. The van der Waals surface area contributed by atoms with Gasteiger partial charge in [-0.25, -0.2) is 9.97 Å². The number of aromatic nitrogens is 3. The van der Waals surface area contributed by atoms with Crippen molar-refractivity contribution in [2.45, 2.75) is 26.1 Å². The van der Waals surface area contributed by atoms with Crippen molar-refractivity contribution < 1.29 is 13.9 Å². The average molecular weight is 365 g/mol. The van der Waals surface area contributed by atoms with E-state index in [9.17, 15) is 4.79 Å². The average Bonchev–Trinajstić information content (AvgIpc) is 3.27. The summed E-state index contributed by atoms with van der Waals surface area (Å²) in [6.45, 7) is 2.62. The highest BCUT2D eigenvalue weighted by atomic mass is 16.5. The summed E-state index contributed by atoms with van der Waals surface area (Å²) in [6.07, 6.45) is 3.39. The third-order valence-electron chi connectivity index (χ3n) is 4.62. The molecule has 27 heavy (non-hydrogen) atoms. The second-order valence-corrected chi connectivity index (χ2v) is 6.34. The molecule has 4 rings (SSSR count). The van der Waals surface area contributed by atoms with Crippen LogP contribution >= 0.6 is 0 Å². The first-order valence-electron chi connectivity index (χ1n) is 8.53. The van der Waals surface area contributed by atoms with Gasteiger partial charge in [0, 0.05) is 30.6 Å². The van der Waals surface area contributed by atoms with Crippen LogP contribution in [0.2, 0.25) is 0 Å². The number of anilines is 1. The smallest absolute Gasteiger partial charge is 0.290 e. The third kappa shape index (κ3) is 3.04. The molecule has 1 atom stereocenters. The van der Waals surface area contributed by atoms with Crippen molar-refractivity contribution in [1.29, 1.82) is 0 Å². The molecule has 4 heterocycles. The number of nitrogens with zero attached hydrogens (tertiary/aromatic N) is 4. The van der Waals surface area contributed by atoms with E-state index in [0.717, 1.165) is 22.5 Å². The summed E-state index contributed by atoms with van der Waals surface area (Å²) in [5.41, 5.74) is 9.18. The molecule has 8 heteroatoms. The van der Waals surface area contributed by atoms with Crippen molar-refractivity contribution >= 4 is 11.9 Å². The first-order chi connectivity index (χ1) is 13.1. The molecule has 3 aromatic heterocycles. The number of carbonyl (C=O) groups excluding carboxylic acids is 1.